The first-order chi connectivity index (χ1) is 23.1. The van der Waals surface area contributed by atoms with E-state index >= 15 is 0 Å². The molecule has 0 fully saturated rings. The second kappa shape index (κ2) is 15.9. The molecule has 5 rings (SSSR count). The third kappa shape index (κ3) is 8.78. The number of benzene rings is 4. The van der Waals surface area contributed by atoms with E-state index in [2.05, 4.69) is 10.6 Å². The van der Waals surface area contributed by atoms with Crippen molar-refractivity contribution in [1.29, 1.82) is 0 Å². The summed E-state index contributed by atoms with van der Waals surface area (Å²) in [6, 6.07) is 26.4. The number of halogens is 1. The molecule has 0 spiro atoms. The van der Waals surface area contributed by atoms with Gasteiger partial charge in [-0.05, 0) is 69.0 Å². The van der Waals surface area contributed by atoms with Crippen molar-refractivity contribution >= 4 is 46.3 Å². The number of carbonyl (C=O) groups is 4. The third-order valence-corrected chi connectivity index (χ3v) is 9.30. The van der Waals surface area contributed by atoms with Crippen LogP contribution in [0.25, 0.3) is 0 Å². The first kappa shape index (κ1) is 34.6. The number of carboxylic acids is 1. The fourth-order valence-corrected chi connectivity index (χ4v) is 6.45. The molecule has 0 radical (unpaired) electrons. The second-order valence-corrected chi connectivity index (χ2v) is 13.1. The number of rotatable bonds is 12. The number of hydrogen-bond acceptors (Lipinski definition) is 6. The van der Waals surface area contributed by atoms with Gasteiger partial charge in [-0.25, -0.2) is 4.79 Å². The monoisotopic (exact) mass is 760 g/mol. The number of nitrogens with zero attached hydrogens (tertiary/aromatic N) is 1. The number of nitrogens with one attached hydrogen (secondary N) is 2. The van der Waals surface area contributed by atoms with Gasteiger partial charge in [-0.1, -0.05) is 91.0 Å². The van der Waals surface area contributed by atoms with Crippen molar-refractivity contribution in [3.63, 3.8) is 0 Å². The molecule has 10 nitrogen and oxygen atoms in total. The number of carboxylic acid groups (broad SMARTS) is 1. The molecule has 0 aromatic heterocycles. The van der Waals surface area contributed by atoms with Gasteiger partial charge in [-0.3, -0.25) is 14.4 Å². The summed E-state index contributed by atoms with van der Waals surface area (Å²) in [7, 11) is 0. The fraction of sp³-hybridized carbons (Fsp3) is 0.243. The Kier molecular flexibility index (Phi) is 11.5. The molecule has 0 saturated heterocycles. The van der Waals surface area contributed by atoms with Gasteiger partial charge in [0, 0.05) is 25.8 Å². The van der Waals surface area contributed by atoms with E-state index < -0.39 is 47.9 Å². The van der Waals surface area contributed by atoms with Crippen LogP contribution in [0.5, 0.6) is 5.75 Å². The van der Waals surface area contributed by atoms with Crippen molar-refractivity contribution < 1.29 is 29.4 Å². The third-order valence-electron chi connectivity index (χ3n) is 8.43. The number of phenolic OH excluding ortho intramolecular Hbond substituents is 1. The molecule has 248 valence electrons. The maximum Gasteiger partial charge on any atom is 0.326 e. The van der Waals surface area contributed by atoms with Gasteiger partial charge in [0.25, 0.3) is 0 Å². The van der Waals surface area contributed by atoms with Crippen LogP contribution < -0.4 is 16.4 Å². The number of aliphatic carboxylic acids is 1. The highest BCUT2D eigenvalue weighted by Gasteiger charge is 2.38. The largest absolute Gasteiger partial charge is 0.507 e. The van der Waals surface area contributed by atoms with Crippen molar-refractivity contribution in [3.05, 3.63) is 135 Å². The van der Waals surface area contributed by atoms with Crippen LogP contribution in [0.2, 0.25) is 0 Å². The Morgan fingerprint density at radius 1 is 0.771 bits per heavy atom. The zero-order valence-corrected chi connectivity index (χ0v) is 28.2. The molecule has 1 aliphatic heterocycles. The Morgan fingerprint density at radius 3 is 1.96 bits per heavy atom. The average Bonchev–Trinajstić information content (AvgIpc) is 3.09. The molecular formula is C37H37IN4O6. The molecule has 1 heterocycles. The highest BCUT2D eigenvalue weighted by atomic mass is 127. The predicted molar refractivity (Wildman–Crippen MR) is 189 cm³/mol. The molecule has 1 aliphatic rings. The van der Waals surface area contributed by atoms with E-state index in [1.54, 1.807) is 42.5 Å². The van der Waals surface area contributed by atoms with E-state index in [9.17, 15) is 29.4 Å². The van der Waals surface area contributed by atoms with Crippen molar-refractivity contribution in [1.82, 2.24) is 15.5 Å². The molecule has 3 amide bonds. The number of hydrogen-bond donors (Lipinski definition) is 5. The molecule has 0 aliphatic carbocycles. The lowest BCUT2D eigenvalue weighted by molar-refractivity contribution is -0.144. The Hall–Kier alpha value is -4.75. The van der Waals surface area contributed by atoms with Crippen molar-refractivity contribution in [2.24, 2.45) is 5.73 Å². The molecule has 6 N–H and O–H groups in total. The van der Waals surface area contributed by atoms with Gasteiger partial charge >= 0.3 is 5.97 Å². The molecule has 4 aromatic carbocycles. The van der Waals surface area contributed by atoms with Gasteiger partial charge < -0.3 is 31.5 Å². The fourth-order valence-electron chi connectivity index (χ4n) is 5.87. The normalized spacial score (nSPS) is 15.8. The quantitative estimate of drug-likeness (QED) is 0.139. The minimum Gasteiger partial charge on any atom is -0.507 e. The standard InChI is InChI=1S/C37H37IN4O6/c38-28-17-25(15-16-33(28)43)18-29(39)36(46)42-22-27-14-8-7-13-26(27)21-32(42)35(45)40-30(19-23-9-3-1-4-10-23)34(44)41-31(37(47)48)20-24-11-5-2-6-12-24/h1-17,29-32,43H,18-22,39H2,(H,40,45)(H,41,44)(H,47,48)/t29-,30-,31-,32-/m0/s1. The summed E-state index contributed by atoms with van der Waals surface area (Å²) >= 11 is 2.00. The summed E-state index contributed by atoms with van der Waals surface area (Å²) in [6.45, 7) is 0.154. The molecule has 4 atom stereocenters. The number of fused-ring (bicyclic) bond motifs is 1. The molecule has 0 unspecified atom stereocenters. The Bertz CT molecular complexity index is 1770. The molecular weight excluding hydrogens is 723 g/mol. The number of amides is 3. The first-order valence-electron chi connectivity index (χ1n) is 15.6. The van der Waals surface area contributed by atoms with Gasteiger partial charge in [0.2, 0.25) is 17.7 Å². The van der Waals surface area contributed by atoms with Crippen LogP contribution in [0.4, 0.5) is 0 Å². The summed E-state index contributed by atoms with van der Waals surface area (Å²) in [5.74, 6) is -2.69. The Balaban J connectivity index is 1.38. The Labute approximate surface area is 292 Å². The van der Waals surface area contributed by atoms with E-state index in [1.807, 2.05) is 83.3 Å². The molecule has 4 aromatic rings. The van der Waals surface area contributed by atoms with E-state index in [0.717, 1.165) is 27.8 Å². The van der Waals surface area contributed by atoms with E-state index in [-0.39, 0.29) is 38.0 Å². The predicted octanol–water partition coefficient (Wildman–Crippen LogP) is 3.36. The van der Waals surface area contributed by atoms with Crippen LogP contribution in [-0.2, 0) is 51.4 Å². The Morgan fingerprint density at radius 2 is 1.35 bits per heavy atom. The van der Waals surface area contributed by atoms with Crippen LogP contribution in [0.1, 0.15) is 27.8 Å². The number of aromatic hydroxyl groups is 1. The van der Waals surface area contributed by atoms with Crippen LogP contribution in [0, 0.1) is 3.57 Å². The van der Waals surface area contributed by atoms with Crippen LogP contribution in [0.3, 0.4) is 0 Å². The highest BCUT2D eigenvalue weighted by molar-refractivity contribution is 14.1. The smallest absolute Gasteiger partial charge is 0.326 e. The summed E-state index contributed by atoms with van der Waals surface area (Å²) < 4.78 is 0.630. The van der Waals surface area contributed by atoms with Crippen molar-refractivity contribution in [2.75, 3.05) is 0 Å². The van der Waals surface area contributed by atoms with Gasteiger partial charge in [0.05, 0.1) is 9.61 Å². The van der Waals surface area contributed by atoms with Crippen LogP contribution in [-0.4, -0.2) is 63.0 Å². The number of nitrogens with two attached hydrogens (primary N) is 1. The lowest BCUT2D eigenvalue weighted by Gasteiger charge is -2.38. The molecule has 0 saturated carbocycles. The molecule has 11 heteroatoms. The zero-order valence-electron chi connectivity index (χ0n) is 26.1. The lowest BCUT2D eigenvalue weighted by atomic mass is 9.92. The minimum atomic E-state index is -1.23. The zero-order chi connectivity index (χ0) is 34.2. The molecule has 48 heavy (non-hydrogen) atoms. The lowest BCUT2D eigenvalue weighted by Crippen LogP contribution is -2.60. The van der Waals surface area contributed by atoms with Crippen LogP contribution in [0.15, 0.2) is 103 Å². The molecule has 0 bridgehead atoms. The summed E-state index contributed by atoms with van der Waals surface area (Å²) in [5, 5.41) is 25.3. The van der Waals surface area contributed by atoms with Gasteiger partial charge in [-0.2, -0.15) is 0 Å². The van der Waals surface area contributed by atoms with Crippen molar-refractivity contribution in [2.45, 2.75) is 56.4 Å². The summed E-state index contributed by atoms with van der Waals surface area (Å²) in [6.07, 6.45) is 0.571. The first-order valence-corrected chi connectivity index (χ1v) is 16.7. The average molecular weight is 761 g/mol. The number of carbonyl (C=O) groups excluding carboxylic acids is 3. The van der Waals surface area contributed by atoms with Crippen molar-refractivity contribution in [3.8, 4) is 5.75 Å². The SMILES string of the molecule is N[C@@H](Cc1ccc(O)c(I)c1)C(=O)N1Cc2ccccc2C[C@H]1C(=O)N[C@@H](Cc1ccccc1)C(=O)N[C@@H](Cc1ccccc1)C(=O)O. The summed E-state index contributed by atoms with van der Waals surface area (Å²) in [4.78, 5) is 55.4. The van der Waals surface area contributed by atoms with Gasteiger partial charge in [0.1, 0.15) is 23.9 Å². The summed E-state index contributed by atoms with van der Waals surface area (Å²) in [5.41, 5.74) is 10.5. The van der Waals surface area contributed by atoms with Gasteiger partial charge in [-0.15, -0.1) is 0 Å². The second-order valence-electron chi connectivity index (χ2n) is 11.9. The topological polar surface area (TPSA) is 162 Å². The maximum absolute atomic E-state index is 14.1. The maximum atomic E-state index is 14.1. The van der Waals surface area contributed by atoms with E-state index in [4.69, 9.17) is 5.73 Å². The highest BCUT2D eigenvalue weighted by Crippen LogP contribution is 2.26. The van der Waals surface area contributed by atoms with Crippen LogP contribution >= 0.6 is 22.6 Å². The minimum absolute atomic E-state index is 0.0631. The number of phenols is 1. The van der Waals surface area contributed by atoms with Gasteiger partial charge in [0.15, 0.2) is 0 Å². The van der Waals surface area contributed by atoms with E-state index in [0.29, 0.717) is 3.57 Å². The van der Waals surface area contributed by atoms with E-state index in [1.165, 1.54) is 4.90 Å².